The van der Waals surface area contributed by atoms with Crippen molar-refractivity contribution in [3.05, 3.63) is 30.0 Å². The maximum absolute atomic E-state index is 5.45. The molecule has 0 fully saturated rings. The molecule has 14 heavy (non-hydrogen) atoms. The molecule has 2 N–H and O–H groups in total. The van der Waals surface area contributed by atoms with E-state index in [1.165, 1.54) is 10.9 Å². The molecule has 3 heteroatoms. The highest BCUT2D eigenvalue weighted by Crippen LogP contribution is 2.13. The Bertz CT molecular complexity index is 431. The molecule has 0 saturated carbocycles. The summed E-state index contributed by atoms with van der Waals surface area (Å²) in [5.41, 5.74) is 7.78. The lowest BCUT2D eigenvalue weighted by atomic mass is 10.2. The molecule has 0 bridgehead atoms. The van der Waals surface area contributed by atoms with Crippen molar-refractivity contribution in [2.45, 2.75) is 19.9 Å². The number of nitrogens with zero attached hydrogens (tertiary/aromatic N) is 2. The normalized spacial score (nSPS) is 11.0. The Hall–Kier alpha value is -1.35. The Morgan fingerprint density at radius 1 is 1.43 bits per heavy atom. The molecule has 1 aromatic heterocycles. The van der Waals surface area contributed by atoms with Gasteiger partial charge in [0, 0.05) is 18.1 Å². The van der Waals surface area contributed by atoms with Crippen LogP contribution in [0, 0.1) is 6.92 Å². The minimum atomic E-state index is 0.717. The van der Waals surface area contributed by atoms with Crippen molar-refractivity contribution in [2.75, 3.05) is 6.54 Å². The molecule has 0 saturated heterocycles. The highest BCUT2D eigenvalue weighted by molar-refractivity contribution is 5.78. The summed E-state index contributed by atoms with van der Waals surface area (Å²) in [6.45, 7) is 3.71. The monoisotopic (exact) mass is 189 g/mol. The van der Waals surface area contributed by atoms with Crippen molar-refractivity contribution in [1.82, 2.24) is 9.78 Å². The second-order valence-electron chi connectivity index (χ2n) is 3.60. The van der Waals surface area contributed by atoms with Crippen LogP contribution in [0.15, 0.2) is 24.4 Å². The van der Waals surface area contributed by atoms with Gasteiger partial charge in [-0.15, -0.1) is 0 Å². The van der Waals surface area contributed by atoms with Gasteiger partial charge in [0.05, 0.1) is 5.52 Å². The first kappa shape index (κ1) is 9.21. The fourth-order valence-electron chi connectivity index (χ4n) is 1.55. The lowest BCUT2D eigenvalue weighted by Gasteiger charge is -1.96. The molecule has 1 heterocycles. The predicted octanol–water partition coefficient (Wildman–Crippen LogP) is 1.69. The smallest absolute Gasteiger partial charge is 0.0925 e. The van der Waals surface area contributed by atoms with E-state index in [1.807, 2.05) is 4.68 Å². The van der Waals surface area contributed by atoms with Gasteiger partial charge in [-0.25, -0.2) is 0 Å². The summed E-state index contributed by atoms with van der Waals surface area (Å²) < 4.78 is 1.97. The zero-order valence-electron chi connectivity index (χ0n) is 8.40. The van der Waals surface area contributed by atoms with Crippen LogP contribution in [0.3, 0.4) is 0 Å². The summed E-state index contributed by atoms with van der Waals surface area (Å²) in [5, 5.41) is 5.67. The van der Waals surface area contributed by atoms with E-state index >= 15 is 0 Å². The van der Waals surface area contributed by atoms with Gasteiger partial charge < -0.3 is 5.73 Å². The number of aromatic nitrogens is 2. The Morgan fingerprint density at radius 2 is 2.29 bits per heavy atom. The Morgan fingerprint density at radius 3 is 3.07 bits per heavy atom. The third-order valence-corrected chi connectivity index (χ3v) is 2.30. The Labute approximate surface area is 83.5 Å². The molecular weight excluding hydrogens is 174 g/mol. The van der Waals surface area contributed by atoms with Crippen molar-refractivity contribution in [1.29, 1.82) is 0 Å². The van der Waals surface area contributed by atoms with E-state index in [0.29, 0.717) is 0 Å². The summed E-state index contributed by atoms with van der Waals surface area (Å²) in [7, 11) is 0. The van der Waals surface area contributed by atoms with Gasteiger partial charge in [-0.1, -0.05) is 12.1 Å². The maximum Gasteiger partial charge on any atom is 0.0925 e. The maximum atomic E-state index is 5.45. The number of aryl methyl sites for hydroxylation is 2. The fourth-order valence-corrected chi connectivity index (χ4v) is 1.55. The second kappa shape index (κ2) is 3.80. The number of fused-ring (bicyclic) bond motifs is 1. The van der Waals surface area contributed by atoms with Crippen molar-refractivity contribution < 1.29 is 0 Å². The lowest BCUT2D eigenvalue weighted by molar-refractivity contribution is 0.590. The molecule has 0 aliphatic carbocycles. The van der Waals surface area contributed by atoms with E-state index in [9.17, 15) is 0 Å². The lowest BCUT2D eigenvalue weighted by Crippen LogP contribution is -2.05. The third kappa shape index (κ3) is 1.77. The van der Waals surface area contributed by atoms with Gasteiger partial charge in [-0.2, -0.15) is 5.10 Å². The molecule has 2 aromatic rings. The van der Waals surface area contributed by atoms with Crippen LogP contribution in [-0.4, -0.2) is 16.3 Å². The van der Waals surface area contributed by atoms with Gasteiger partial charge in [-0.05, 0) is 31.5 Å². The zero-order valence-corrected chi connectivity index (χ0v) is 8.40. The van der Waals surface area contributed by atoms with E-state index < -0.39 is 0 Å². The quantitative estimate of drug-likeness (QED) is 0.798. The summed E-state index contributed by atoms with van der Waals surface area (Å²) >= 11 is 0. The van der Waals surface area contributed by atoms with Crippen LogP contribution in [0.2, 0.25) is 0 Å². The zero-order chi connectivity index (χ0) is 9.97. The molecule has 0 radical (unpaired) electrons. The molecule has 0 atom stereocenters. The summed E-state index contributed by atoms with van der Waals surface area (Å²) in [6.07, 6.45) is 3.05. The number of rotatable bonds is 3. The first-order chi connectivity index (χ1) is 6.79. The van der Waals surface area contributed by atoms with Crippen molar-refractivity contribution in [3.63, 3.8) is 0 Å². The highest BCUT2D eigenvalue weighted by Gasteiger charge is 1.99. The van der Waals surface area contributed by atoms with Crippen LogP contribution in [-0.2, 0) is 6.54 Å². The molecule has 0 aliphatic heterocycles. The number of benzene rings is 1. The molecule has 0 amide bonds. The SMILES string of the molecule is Cc1ccc2cn(CCCN)nc2c1. The largest absolute Gasteiger partial charge is 0.330 e. The molecule has 3 nitrogen and oxygen atoms in total. The van der Waals surface area contributed by atoms with Crippen LogP contribution in [0.1, 0.15) is 12.0 Å². The molecule has 0 unspecified atom stereocenters. The average Bonchev–Trinajstić information content (AvgIpc) is 2.56. The minimum absolute atomic E-state index is 0.717. The van der Waals surface area contributed by atoms with Gasteiger partial charge >= 0.3 is 0 Å². The summed E-state index contributed by atoms with van der Waals surface area (Å²) in [6, 6.07) is 6.32. The topological polar surface area (TPSA) is 43.8 Å². The molecule has 1 aromatic carbocycles. The highest BCUT2D eigenvalue weighted by atomic mass is 15.3. The minimum Gasteiger partial charge on any atom is -0.330 e. The fraction of sp³-hybridized carbons (Fsp3) is 0.364. The van der Waals surface area contributed by atoms with Gasteiger partial charge in [-0.3, -0.25) is 4.68 Å². The Balaban J connectivity index is 2.32. The molecular formula is C11H15N3. The van der Waals surface area contributed by atoms with Gasteiger partial charge in [0.25, 0.3) is 0 Å². The van der Waals surface area contributed by atoms with Crippen molar-refractivity contribution in [3.8, 4) is 0 Å². The standard InChI is InChI=1S/C11H15N3/c1-9-3-4-10-8-14(6-2-5-12)13-11(10)7-9/h3-4,7-8H,2,5-6,12H2,1H3. The third-order valence-electron chi connectivity index (χ3n) is 2.30. The summed E-state index contributed by atoms with van der Waals surface area (Å²) in [5.74, 6) is 0. The molecule has 74 valence electrons. The first-order valence-electron chi connectivity index (χ1n) is 4.93. The predicted molar refractivity (Wildman–Crippen MR) is 58.1 cm³/mol. The van der Waals surface area contributed by atoms with Crippen molar-refractivity contribution >= 4 is 10.9 Å². The van der Waals surface area contributed by atoms with Gasteiger partial charge in [0.15, 0.2) is 0 Å². The average molecular weight is 189 g/mol. The van der Waals surface area contributed by atoms with Crippen LogP contribution in [0.5, 0.6) is 0 Å². The number of hydrogen-bond acceptors (Lipinski definition) is 2. The number of hydrogen-bond donors (Lipinski definition) is 1. The molecule has 0 spiro atoms. The van der Waals surface area contributed by atoms with Crippen LogP contribution in [0.25, 0.3) is 10.9 Å². The first-order valence-corrected chi connectivity index (χ1v) is 4.93. The van der Waals surface area contributed by atoms with E-state index in [4.69, 9.17) is 5.73 Å². The van der Waals surface area contributed by atoms with E-state index in [-0.39, 0.29) is 0 Å². The van der Waals surface area contributed by atoms with Crippen molar-refractivity contribution in [2.24, 2.45) is 5.73 Å². The molecule has 2 rings (SSSR count). The van der Waals surface area contributed by atoms with Crippen LogP contribution < -0.4 is 5.73 Å². The van der Waals surface area contributed by atoms with Crippen LogP contribution in [0.4, 0.5) is 0 Å². The van der Waals surface area contributed by atoms with Gasteiger partial charge in [0.1, 0.15) is 0 Å². The van der Waals surface area contributed by atoms with E-state index in [2.05, 4.69) is 36.4 Å². The Kier molecular flexibility index (Phi) is 2.50. The van der Waals surface area contributed by atoms with E-state index in [1.54, 1.807) is 0 Å². The van der Waals surface area contributed by atoms with Gasteiger partial charge in [0.2, 0.25) is 0 Å². The van der Waals surface area contributed by atoms with Crippen LogP contribution >= 0.6 is 0 Å². The number of nitrogens with two attached hydrogens (primary N) is 1. The summed E-state index contributed by atoms with van der Waals surface area (Å²) in [4.78, 5) is 0. The van der Waals surface area contributed by atoms with E-state index in [0.717, 1.165) is 25.0 Å². The molecule has 0 aliphatic rings. The second-order valence-corrected chi connectivity index (χ2v) is 3.60.